The van der Waals surface area contributed by atoms with Crippen molar-refractivity contribution in [2.75, 3.05) is 0 Å². The highest BCUT2D eigenvalue weighted by atomic mass is 14.9. The van der Waals surface area contributed by atoms with Crippen LogP contribution >= 0.6 is 0 Å². The average Bonchev–Trinajstić information content (AvgIpc) is 3.01. The van der Waals surface area contributed by atoms with Crippen molar-refractivity contribution in [3.63, 3.8) is 0 Å². The molecule has 1 unspecified atom stereocenters. The Morgan fingerprint density at radius 3 is 2.07 bits per heavy atom. The summed E-state index contributed by atoms with van der Waals surface area (Å²) in [5.41, 5.74) is 10.5. The molecule has 1 heterocycles. The molecule has 0 bridgehead atoms. The lowest BCUT2D eigenvalue weighted by Crippen LogP contribution is -2.05. The fraction of sp³-hybridized carbons (Fsp3) is 0.205. The van der Waals surface area contributed by atoms with E-state index < -0.39 is 0 Å². The minimum atomic E-state index is 0.457. The van der Waals surface area contributed by atoms with E-state index in [1.807, 2.05) is 49.4 Å². The Morgan fingerprint density at radius 1 is 0.762 bits per heavy atom. The molecule has 1 atom stereocenters. The second-order valence-electron chi connectivity index (χ2n) is 10.7. The summed E-state index contributed by atoms with van der Waals surface area (Å²) in [6, 6.07) is 37.4. The molecule has 3 nitrogen and oxygen atoms in total. The topological polar surface area (TPSA) is 38.1 Å². The van der Waals surface area contributed by atoms with E-state index in [0.29, 0.717) is 5.92 Å². The zero-order valence-electron chi connectivity index (χ0n) is 25.7. The lowest BCUT2D eigenvalue weighted by Gasteiger charge is -2.17. The number of hydrogen-bond donors (Lipinski definition) is 0. The van der Waals surface area contributed by atoms with Crippen LogP contribution in [0.3, 0.4) is 0 Å². The molecular weight excluding hydrogens is 510 g/mol. The molecule has 1 aromatic heterocycles. The number of allylic oxidation sites excluding steroid dienone is 4. The van der Waals surface area contributed by atoms with Crippen LogP contribution in [0.4, 0.5) is 5.69 Å². The quantitative estimate of drug-likeness (QED) is 0.149. The Kier molecular flexibility index (Phi) is 10.7. The van der Waals surface area contributed by atoms with Gasteiger partial charge < -0.3 is 0 Å². The van der Waals surface area contributed by atoms with Crippen molar-refractivity contribution >= 4 is 22.3 Å². The lowest BCUT2D eigenvalue weighted by atomic mass is 9.89. The molecule has 0 saturated heterocycles. The van der Waals surface area contributed by atoms with Crippen molar-refractivity contribution in [1.82, 2.24) is 9.97 Å². The first kappa shape index (κ1) is 30.3. The number of aromatic nitrogens is 2. The summed E-state index contributed by atoms with van der Waals surface area (Å²) < 4.78 is 0. The lowest BCUT2D eigenvalue weighted by molar-refractivity contribution is 0.763. The predicted molar refractivity (Wildman–Crippen MR) is 181 cm³/mol. The molecule has 212 valence electrons. The van der Waals surface area contributed by atoms with Gasteiger partial charge in [0.25, 0.3) is 0 Å². The van der Waals surface area contributed by atoms with Gasteiger partial charge in [0.1, 0.15) is 5.82 Å². The van der Waals surface area contributed by atoms with Crippen LogP contribution in [0.5, 0.6) is 0 Å². The number of nitrogens with zero attached hydrogens (tertiary/aromatic N) is 3. The first-order valence-electron chi connectivity index (χ1n) is 14.6. The third kappa shape index (κ3) is 7.98. The number of benzene rings is 4. The van der Waals surface area contributed by atoms with Gasteiger partial charge in [-0.05, 0) is 81.4 Å². The molecule has 5 rings (SSSR count). The summed E-state index contributed by atoms with van der Waals surface area (Å²) in [5.74, 6) is 1.26. The third-order valence-corrected chi connectivity index (χ3v) is 7.37. The highest BCUT2D eigenvalue weighted by molar-refractivity contribution is 6.01. The summed E-state index contributed by atoms with van der Waals surface area (Å²) in [6.07, 6.45) is 5.27. The molecule has 5 aromatic rings. The van der Waals surface area contributed by atoms with Gasteiger partial charge in [0.15, 0.2) is 0 Å². The molecule has 0 N–H and O–H groups in total. The third-order valence-electron chi connectivity index (χ3n) is 7.37. The molecule has 0 spiro atoms. The normalized spacial score (nSPS) is 13.0. The highest BCUT2D eigenvalue weighted by Gasteiger charge is 2.13. The first-order valence-corrected chi connectivity index (χ1v) is 14.6. The van der Waals surface area contributed by atoms with Crippen LogP contribution < -0.4 is 0 Å². The molecule has 0 aliphatic rings. The molecule has 3 heteroatoms. The van der Waals surface area contributed by atoms with E-state index in [4.69, 9.17) is 4.99 Å². The van der Waals surface area contributed by atoms with Crippen LogP contribution in [0.2, 0.25) is 0 Å². The van der Waals surface area contributed by atoms with Crippen LogP contribution in [0, 0.1) is 13.8 Å². The van der Waals surface area contributed by atoms with Gasteiger partial charge >= 0.3 is 0 Å². The number of hydrogen-bond acceptors (Lipinski definition) is 3. The van der Waals surface area contributed by atoms with Gasteiger partial charge in [0.2, 0.25) is 0 Å². The van der Waals surface area contributed by atoms with Crippen molar-refractivity contribution in [3.05, 3.63) is 149 Å². The van der Waals surface area contributed by atoms with Crippen LogP contribution in [0.25, 0.3) is 22.2 Å². The molecular formula is C39H41N3. The molecule has 0 aliphatic heterocycles. The van der Waals surface area contributed by atoms with Crippen molar-refractivity contribution in [1.29, 1.82) is 0 Å². The minimum absolute atomic E-state index is 0.457. The van der Waals surface area contributed by atoms with Crippen LogP contribution in [-0.2, 0) is 0 Å². The summed E-state index contributed by atoms with van der Waals surface area (Å²) in [6.45, 7) is 12.7. The van der Waals surface area contributed by atoms with Crippen molar-refractivity contribution in [3.8, 4) is 11.3 Å². The van der Waals surface area contributed by atoms with Gasteiger partial charge in [0.05, 0.1) is 16.9 Å². The predicted octanol–water partition coefficient (Wildman–Crippen LogP) is 10.8. The molecule has 0 fully saturated rings. The molecule has 0 amide bonds. The van der Waals surface area contributed by atoms with E-state index >= 15 is 0 Å². The number of aryl methyl sites for hydroxylation is 2. The fourth-order valence-corrected chi connectivity index (χ4v) is 5.10. The van der Waals surface area contributed by atoms with Crippen molar-refractivity contribution < 1.29 is 0 Å². The highest BCUT2D eigenvalue weighted by Crippen LogP contribution is 2.28. The second-order valence-corrected chi connectivity index (χ2v) is 10.7. The zero-order chi connectivity index (χ0) is 29.9. The van der Waals surface area contributed by atoms with E-state index in [2.05, 4.69) is 123 Å². The van der Waals surface area contributed by atoms with Crippen LogP contribution in [0.15, 0.2) is 137 Å². The van der Waals surface area contributed by atoms with Crippen molar-refractivity contribution in [2.45, 2.75) is 53.9 Å². The Morgan fingerprint density at radius 2 is 1.38 bits per heavy atom. The summed E-state index contributed by atoms with van der Waals surface area (Å²) in [7, 11) is 0. The molecule has 4 aromatic carbocycles. The SMILES string of the molecule is C/C=C\C(C)=C(\CC(C)c1ccccc1)C(C)=Nc1ccccc1C.Cc1nc(-c2ccccc2)c2ccccc2n1. The zero-order valence-corrected chi connectivity index (χ0v) is 25.7. The van der Waals surface area contributed by atoms with E-state index in [1.165, 1.54) is 22.3 Å². The smallest absolute Gasteiger partial charge is 0.126 e. The number of aliphatic imine (C=N–C) groups is 1. The molecule has 0 radical (unpaired) electrons. The van der Waals surface area contributed by atoms with Gasteiger partial charge in [-0.25, -0.2) is 9.97 Å². The Hall–Kier alpha value is -4.63. The second kappa shape index (κ2) is 14.8. The van der Waals surface area contributed by atoms with Gasteiger partial charge in [-0.2, -0.15) is 0 Å². The van der Waals surface area contributed by atoms with E-state index in [9.17, 15) is 0 Å². The molecule has 0 saturated carbocycles. The van der Waals surface area contributed by atoms with Crippen LogP contribution in [-0.4, -0.2) is 15.7 Å². The molecule has 42 heavy (non-hydrogen) atoms. The standard InChI is InChI=1S/C24H29N.C15H12N2/c1-6-12-18(2)23(17-20(4)22-14-8-7-9-15-22)21(5)25-24-16-11-10-13-19(24)3;1-11-16-14-10-6-5-9-13(14)15(17-11)12-7-3-2-4-8-12/h6-16,20H,17H2,1-5H3;2-10H,1H3/b12-6-,23-18-,25-21?;. The van der Waals surface area contributed by atoms with Crippen molar-refractivity contribution in [2.24, 2.45) is 4.99 Å². The van der Waals surface area contributed by atoms with E-state index in [-0.39, 0.29) is 0 Å². The summed E-state index contributed by atoms with van der Waals surface area (Å²) in [5, 5.41) is 1.10. The number of fused-ring (bicyclic) bond motifs is 1. The minimum Gasteiger partial charge on any atom is -0.253 e. The number of para-hydroxylation sites is 2. The van der Waals surface area contributed by atoms with Gasteiger partial charge in [0, 0.05) is 16.7 Å². The number of rotatable bonds is 7. The van der Waals surface area contributed by atoms with E-state index in [0.717, 1.165) is 45.8 Å². The van der Waals surface area contributed by atoms with Gasteiger partial charge in [-0.3, -0.25) is 4.99 Å². The Balaban J connectivity index is 0.000000206. The summed E-state index contributed by atoms with van der Waals surface area (Å²) >= 11 is 0. The van der Waals surface area contributed by atoms with Crippen LogP contribution in [0.1, 0.15) is 57.0 Å². The van der Waals surface area contributed by atoms with Gasteiger partial charge in [-0.1, -0.05) is 116 Å². The molecule has 0 aliphatic carbocycles. The summed E-state index contributed by atoms with van der Waals surface area (Å²) in [4.78, 5) is 13.9. The average molecular weight is 552 g/mol. The fourth-order valence-electron chi connectivity index (χ4n) is 5.10. The maximum Gasteiger partial charge on any atom is 0.126 e. The largest absolute Gasteiger partial charge is 0.253 e. The maximum absolute atomic E-state index is 4.93. The van der Waals surface area contributed by atoms with Gasteiger partial charge in [-0.15, -0.1) is 0 Å². The first-order chi connectivity index (χ1) is 20.4. The van der Waals surface area contributed by atoms with E-state index in [1.54, 1.807) is 0 Å². The Bertz CT molecular complexity index is 1700. The Labute approximate surface area is 251 Å². The maximum atomic E-state index is 4.93. The monoisotopic (exact) mass is 551 g/mol.